The van der Waals surface area contributed by atoms with E-state index in [0.717, 1.165) is 0 Å². The molecule has 0 amide bonds. The van der Waals surface area contributed by atoms with Crippen molar-refractivity contribution in [3.8, 4) is 0 Å². The van der Waals surface area contributed by atoms with Crippen molar-refractivity contribution in [3.05, 3.63) is 43.0 Å². The van der Waals surface area contributed by atoms with Gasteiger partial charge in [-0.3, -0.25) is 19.1 Å². The lowest BCUT2D eigenvalue weighted by Crippen LogP contribution is -2.41. The topological polar surface area (TPSA) is 139 Å². The van der Waals surface area contributed by atoms with Crippen LogP contribution in [0.25, 0.3) is 10.4 Å². The summed E-state index contributed by atoms with van der Waals surface area (Å²) in [5.74, 6) is -0.451. The third-order valence-electron chi connectivity index (χ3n) is 3.50. The summed E-state index contributed by atoms with van der Waals surface area (Å²) in [6.45, 7) is 2.85. The number of aromatic nitrogens is 2. The Labute approximate surface area is 130 Å². The molecule has 1 aromatic rings. The van der Waals surface area contributed by atoms with Crippen LogP contribution >= 0.6 is 0 Å². The highest BCUT2D eigenvalue weighted by Crippen LogP contribution is 2.28. The van der Waals surface area contributed by atoms with E-state index in [-0.39, 0.29) is 13.0 Å². The molecule has 0 aliphatic carbocycles. The van der Waals surface area contributed by atoms with E-state index in [1.807, 2.05) is 0 Å². The Morgan fingerprint density at radius 2 is 2.30 bits per heavy atom. The quantitative estimate of drug-likeness (QED) is 0.377. The van der Waals surface area contributed by atoms with Gasteiger partial charge in [0.15, 0.2) is 0 Å². The molecule has 1 saturated heterocycles. The number of H-pyrrole nitrogens is 1. The van der Waals surface area contributed by atoms with Crippen LogP contribution in [0.2, 0.25) is 0 Å². The molecule has 1 aliphatic heterocycles. The van der Waals surface area contributed by atoms with E-state index in [1.54, 1.807) is 6.92 Å². The maximum Gasteiger partial charge on any atom is 0.330 e. The number of aromatic amines is 1. The molecule has 10 heteroatoms. The fourth-order valence-electron chi connectivity index (χ4n) is 2.43. The van der Waals surface area contributed by atoms with Gasteiger partial charge in [0.05, 0.1) is 6.10 Å². The number of carbonyl (C=O) groups is 1. The fourth-order valence-corrected chi connectivity index (χ4v) is 2.43. The standard InChI is InChI=1S/C13H17N5O5/c1-7-5-18(13(21)15-12(7)20)11-4-9(16-17-14)3-10(23-11)6-22-8(2)19/h5,9-11H,3-4,6H2,1-2H3,(H,15,20,21)/t9-,10-,11+/m0/s1. The molecule has 0 unspecified atom stereocenters. The minimum atomic E-state index is -0.720. The molecule has 1 N–H and O–H groups in total. The zero-order valence-electron chi connectivity index (χ0n) is 12.8. The molecule has 10 nitrogen and oxygen atoms in total. The third kappa shape index (κ3) is 4.21. The Morgan fingerprint density at radius 3 is 2.96 bits per heavy atom. The predicted molar refractivity (Wildman–Crippen MR) is 78.8 cm³/mol. The van der Waals surface area contributed by atoms with Crippen LogP contribution in [0, 0.1) is 6.92 Å². The first-order valence-electron chi connectivity index (χ1n) is 7.05. The maximum absolute atomic E-state index is 12.0. The van der Waals surface area contributed by atoms with Crippen molar-refractivity contribution in [1.29, 1.82) is 0 Å². The zero-order chi connectivity index (χ0) is 17.0. The number of esters is 1. The Balaban J connectivity index is 2.27. The number of aryl methyl sites for hydroxylation is 1. The first-order chi connectivity index (χ1) is 10.9. The second-order valence-corrected chi connectivity index (χ2v) is 5.32. The van der Waals surface area contributed by atoms with E-state index in [0.29, 0.717) is 12.0 Å². The molecule has 0 bridgehead atoms. The predicted octanol–water partition coefficient (Wildman–Crippen LogP) is 0.765. The monoisotopic (exact) mass is 323 g/mol. The van der Waals surface area contributed by atoms with Crippen LogP contribution in [0.15, 0.2) is 20.9 Å². The molecule has 0 spiro atoms. The molecule has 124 valence electrons. The molecule has 1 aromatic heterocycles. The van der Waals surface area contributed by atoms with Gasteiger partial charge in [-0.25, -0.2) is 4.79 Å². The molecule has 0 saturated carbocycles. The fraction of sp³-hybridized carbons (Fsp3) is 0.615. The summed E-state index contributed by atoms with van der Waals surface area (Å²) in [4.78, 5) is 39.3. The number of hydrogen-bond donors (Lipinski definition) is 1. The van der Waals surface area contributed by atoms with Gasteiger partial charge < -0.3 is 9.47 Å². The Hall–Kier alpha value is -2.58. The number of hydrogen-bond acceptors (Lipinski definition) is 6. The van der Waals surface area contributed by atoms with Gasteiger partial charge in [-0.05, 0) is 18.9 Å². The van der Waals surface area contributed by atoms with E-state index in [9.17, 15) is 14.4 Å². The van der Waals surface area contributed by atoms with E-state index in [4.69, 9.17) is 15.0 Å². The normalized spacial score (nSPS) is 23.8. The molecule has 1 aliphatic rings. The zero-order valence-corrected chi connectivity index (χ0v) is 12.8. The summed E-state index contributed by atoms with van der Waals surface area (Å²) < 4.78 is 11.9. The van der Waals surface area contributed by atoms with Gasteiger partial charge in [0.1, 0.15) is 12.8 Å². The molecule has 2 rings (SSSR count). The SMILES string of the molecule is CC(=O)OC[C@@H]1C[C@H](N=[N+]=[N-])C[C@H](n2cc(C)c(=O)[nH]c2=O)O1. The van der Waals surface area contributed by atoms with Gasteiger partial charge in [-0.1, -0.05) is 5.11 Å². The molecule has 0 aromatic carbocycles. The second kappa shape index (κ2) is 7.12. The molecule has 23 heavy (non-hydrogen) atoms. The van der Waals surface area contributed by atoms with Crippen molar-refractivity contribution >= 4 is 5.97 Å². The number of rotatable bonds is 4. The highest BCUT2D eigenvalue weighted by molar-refractivity contribution is 5.65. The van der Waals surface area contributed by atoms with E-state index in [2.05, 4.69) is 15.0 Å². The Morgan fingerprint density at radius 1 is 1.57 bits per heavy atom. The largest absolute Gasteiger partial charge is 0.463 e. The Bertz CT molecular complexity index is 748. The molecule has 0 radical (unpaired) electrons. The third-order valence-corrected chi connectivity index (χ3v) is 3.50. The number of azide groups is 1. The van der Waals surface area contributed by atoms with E-state index >= 15 is 0 Å². The van der Waals surface area contributed by atoms with Crippen molar-refractivity contribution in [2.75, 3.05) is 6.61 Å². The minimum Gasteiger partial charge on any atom is -0.463 e. The first-order valence-corrected chi connectivity index (χ1v) is 7.05. The van der Waals surface area contributed by atoms with Crippen LogP contribution in [-0.4, -0.2) is 34.3 Å². The minimum absolute atomic E-state index is 0.000365. The summed E-state index contributed by atoms with van der Waals surface area (Å²) in [5, 5.41) is 3.68. The van der Waals surface area contributed by atoms with Crippen molar-refractivity contribution in [2.45, 2.75) is 45.1 Å². The van der Waals surface area contributed by atoms with Gasteiger partial charge in [0, 0.05) is 36.1 Å². The van der Waals surface area contributed by atoms with Gasteiger partial charge in [-0.15, -0.1) is 0 Å². The lowest BCUT2D eigenvalue weighted by Gasteiger charge is -2.34. The second-order valence-electron chi connectivity index (χ2n) is 5.32. The number of carbonyl (C=O) groups excluding carboxylic acids is 1. The van der Waals surface area contributed by atoms with Gasteiger partial charge >= 0.3 is 11.7 Å². The first kappa shape index (κ1) is 16.8. The summed E-state index contributed by atoms with van der Waals surface area (Å²) in [7, 11) is 0. The van der Waals surface area contributed by atoms with Crippen molar-refractivity contribution in [3.63, 3.8) is 0 Å². The number of nitrogens with zero attached hydrogens (tertiary/aromatic N) is 4. The lowest BCUT2D eigenvalue weighted by molar-refractivity contribution is -0.155. The maximum atomic E-state index is 12.0. The van der Waals surface area contributed by atoms with Gasteiger partial charge in [0.25, 0.3) is 5.56 Å². The van der Waals surface area contributed by atoms with Crippen molar-refractivity contribution in [2.24, 2.45) is 5.11 Å². The highest BCUT2D eigenvalue weighted by atomic mass is 16.6. The lowest BCUT2D eigenvalue weighted by atomic mass is 10.0. The summed E-state index contributed by atoms with van der Waals surface area (Å²) in [5.41, 5.74) is 7.91. The number of nitrogens with one attached hydrogen (secondary N) is 1. The molecular weight excluding hydrogens is 306 g/mol. The summed E-state index contributed by atoms with van der Waals surface area (Å²) >= 11 is 0. The van der Waals surface area contributed by atoms with Crippen LogP contribution in [-0.2, 0) is 14.3 Å². The Kier molecular flexibility index (Phi) is 5.20. The van der Waals surface area contributed by atoms with Crippen LogP contribution in [0.3, 0.4) is 0 Å². The van der Waals surface area contributed by atoms with Gasteiger partial charge in [0.2, 0.25) is 0 Å². The summed E-state index contributed by atoms with van der Waals surface area (Å²) in [6, 6.07) is -0.404. The van der Waals surface area contributed by atoms with Crippen LogP contribution in [0.5, 0.6) is 0 Å². The summed E-state index contributed by atoms with van der Waals surface area (Å²) in [6.07, 6.45) is 0.833. The average Bonchev–Trinajstić information content (AvgIpc) is 2.49. The van der Waals surface area contributed by atoms with Crippen molar-refractivity contribution < 1.29 is 14.3 Å². The highest BCUT2D eigenvalue weighted by Gasteiger charge is 2.31. The molecular formula is C13H17N5O5. The van der Waals surface area contributed by atoms with Crippen molar-refractivity contribution in [1.82, 2.24) is 9.55 Å². The average molecular weight is 323 g/mol. The van der Waals surface area contributed by atoms with Crippen LogP contribution < -0.4 is 11.2 Å². The molecule has 2 heterocycles. The van der Waals surface area contributed by atoms with Crippen LogP contribution in [0.1, 0.15) is 31.6 Å². The van der Waals surface area contributed by atoms with Crippen LogP contribution in [0.4, 0.5) is 0 Å². The van der Waals surface area contributed by atoms with E-state index < -0.39 is 35.6 Å². The smallest absolute Gasteiger partial charge is 0.330 e. The number of ether oxygens (including phenoxy) is 2. The van der Waals surface area contributed by atoms with E-state index in [1.165, 1.54) is 17.7 Å². The molecule has 1 fully saturated rings. The van der Waals surface area contributed by atoms with Gasteiger partial charge in [-0.2, -0.15) is 0 Å². The molecule has 3 atom stereocenters.